The highest BCUT2D eigenvalue weighted by Crippen LogP contribution is 2.42. The van der Waals surface area contributed by atoms with Gasteiger partial charge < -0.3 is 14.4 Å². The van der Waals surface area contributed by atoms with Crippen LogP contribution in [0.5, 0.6) is 5.75 Å². The third-order valence-corrected chi connectivity index (χ3v) is 5.73. The Bertz CT molecular complexity index is 735. The molecule has 0 saturated carbocycles. The maximum atomic E-state index is 13.9. The average Bonchev–Trinajstić information content (AvgIpc) is 2.76. The van der Waals surface area contributed by atoms with Gasteiger partial charge in [-0.2, -0.15) is 4.39 Å². The summed E-state index contributed by atoms with van der Waals surface area (Å²) in [7, 11) is 2.05. The first-order chi connectivity index (χ1) is 13.1. The molecule has 5 nitrogen and oxygen atoms in total. The molecule has 0 aliphatic carbocycles. The molecule has 1 aromatic carbocycles. The third kappa shape index (κ3) is 6.32. The third-order valence-electron chi connectivity index (χ3n) is 3.95. The van der Waals surface area contributed by atoms with Gasteiger partial charge in [0, 0.05) is 19.6 Å². The molecule has 0 N–H and O–H groups in total. The monoisotopic (exact) mass is 428 g/mol. The number of fused-ring (bicyclic) bond motifs is 1. The number of esters is 1. The molecule has 8 heteroatoms. The molecule has 0 unspecified atom stereocenters. The van der Waals surface area contributed by atoms with Crippen molar-refractivity contribution in [1.82, 2.24) is 4.31 Å². The zero-order valence-electron chi connectivity index (χ0n) is 17.4. The van der Waals surface area contributed by atoms with Gasteiger partial charge in [0.05, 0.1) is 22.1 Å². The second-order valence-electron chi connectivity index (χ2n) is 7.70. The molecule has 0 bridgehead atoms. The van der Waals surface area contributed by atoms with Gasteiger partial charge in [0.2, 0.25) is 5.83 Å². The number of halogens is 1. The number of carbonyl (C=O) groups is 1. The van der Waals surface area contributed by atoms with Crippen LogP contribution in [-0.4, -0.2) is 49.8 Å². The van der Waals surface area contributed by atoms with E-state index in [0.717, 1.165) is 41.4 Å². The fourth-order valence-corrected chi connectivity index (χ4v) is 4.29. The van der Waals surface area contributed by atoms with Crippen LogP contribution in [0.15, 0.2) is 34.0 Å². The molecule has 28 heavy (non-hydrogen) atoms. The van der Waals surface area contributed by atoms with Crippen LogP contribution in [-0.2, 0) is 9.53 Å². The molecule has 1 aromatic rings. The van der Waals surface area contributed by atoms with Crippen molar-refractivity contribution in [2.45, 2.75) is 37.5 Å². The molecular formula is C20H29FN2O3S2. The molecule has 0 aromatic heterocycles. The lowest BCUT2D eigenvalue weighted by atomic mass is 9.95. The molecule has 2 rings (SSSR count). The number of ether oxygens (including phenoxy) is 2. The Balaban J connectivity index is 2.37. The van der Waals surface area contributed by atoms with E-state index < -0.39 is 11.8 Å². The second kappa shape index (κ2) is 9.89. The van der Waals surface area contributed by atoms with Crippen molar-refractivity contribution in [1.29, 1.82) is 0 Å². The molecule has 1 heterocycles. The van der Waals surface area contributed by atoms with E-state index in [2.05, 4.69) is 47.8 Å². The number of carbonyl (C=O) groups excluding carboxylic acids is 1. The maximum Gasteiger partial charge on any atom is 0.370 e. The van der Waals surface area contributed by atoms with Crippen molar-refractivity contribution in [3.8, 4) is 5.75 Å². The first kappa shape index (κ1) is 22.9. The minimum atomic E-state index is -1.05. The Morgan fingerprint density at radius 3 is 2.68 bits per heavy atom. The lowest BCUT2D eigenvalue weighted by molar-refractivity contribution is -0.140. The summed E-state index contributed by atoms with van der Waals surface area (Å²) in [5.74, 6) is -1.55. The highest BCUT2D eigenvalue weighted by Gasteiger charge is 2.25. The molecule has 0 radical (unpaired) electrons. The minimum Gasteiger partial charge on any atom is -0.461 e. The van der Waals surface area contributed by atoms with Crippen LogP contribution in [0.1, 0.15) is 27.7 Å². The Labute approximate surface area is 175 Å². The van der Waals surface area contributed by atoms with Gasteiger partial charge in [-0.3, -0.25) is 0 Å². The zero-order chi connectivity index (χ0) is 20.9. The summed E-state index contributed by atoms with van der Waals surface area (Å²) in [5.41, 5.74) is 1.31. The standard InChI is InChI=1S/C20H29FN2O3S2/c1-7-25-19(24)14(21)12-26-16-11-17-15(10-18(16)27-6)23(13-20(2,3)4)9-8-22(5)28-17/h10-12H,7-9,13H2,1-6H3/b14-12-. The van der Waals surface area contributed by atoms with E-state index in [0.29, 0.717) is 5.75 Å². The van der Waals surface area contributed by atoms with E-state index in [1.165, 1.54) is 11.8 Å². The molecule has 1 aliphatic heterocycles. The fourth-order valence-electron chi connectivity index (χ4n) is 2.80. The van der Waals surface area contributed by atoms with E-state index in [1.807, 2.05) is 12.3 Å². The summed E-state index contributed by atoms with van der Waals surface area (Å²) >= 11 is 3.16. The van der Waals surface area contributed by atoms with Crippen LogP contribution < -0.4 is 9.64 Å². The molecule has 0 saturated heterocycles. The van der Waals surface area contributed by atoms with Crippen LogP contribution in [0, 0.1) is 5.41 Å². The predicted molar refractivity (Wildman–Crippen MR) is 115 cm³/mol. The number of likely N-dealkylation sites (N-methyl/N-ethyl adjacent to an activating group) is 1. The highest BCUT2D eigenvalue weighted by molar-refractivity contribution is 7.98. The van der Waals surface area contributed by atoms with E-state index >= 15 is 0 Å². The van der Waals surface area contributed by atoms with Crippen molar-refractivity contribution in [2.75, 3.05) is 44.4 Å². The lowest BCUT2D eigenvalue weighted by Gasteiger charge is -2.32. The number of hydrogen-bond acceptors (Lipinski definition) is 7. The smallest absolute Gasteiger partial charge is 0.370 e. The average molecular weight is 429 g/mol. The predicted octanol–water partition coefficient (Wildman–Crippen LogP) is 4.97. The number of hydrogen-bond donors (Lipinski definition) is 0. The van der Waals surface area contributed by atoms with Crippen molar-refractivity contribution < 1.29 is 18.7 Å². The Morgan fingerprint density at radius 2 is 2.07 bits per heavy atom. The van der Waals surface area contributed by atoms with Gasteiger partial charge >= 0.3 is 5.97 Å². The molecule has 156 valence electrons. The van der Waals surface area contributed by atoms with E-state index in [9.17, 15) is 9.18 Å². The summed E-state index contributed by atoms with van der Waals surface area (Å²) < 4.78 is 26.2. The summed E-state index contributed by atoms with van der Waals surface area (Å²) in [5, 5.41) is 0. The van der Waals surface area contributed by atoms with Crippen LogP contribution in [0.3, 0.4) is 0 Å². The van der Waals surface area contributed by atoms with Crippen molar-refractivity contribution in [2.24, 2.45) is 5.41 Å². The number of rotatable bonds is 6. The van der Waals surface area contributed by atoms with Crippen molar-refractivity contribution >= 4 is 35.4 Å². The normalized spacial score (nSPS) is 15.8. The zero-order valence-corrected chi connectivity index (χ0v) is 19.0. The fraction of sp³-hybridized carbons (Fsp3) is 0.550. The Kier molecular flexibility index (Phi) is 8.09. The van der Waals surface area contributed by atoms with E-state index in [4.69, 9.17) is 4.74 Å². The molecular weight excluding hydrogens is 399 g/mol. The highest BCUT2D eigenvalue weighted by atomic mass is 32.2. The molecule has 0 atom stereocenters. The van der Waals surface area contributed by atoms with Gasteiger partial charge in [0.15, 0.2) is 0 Å². The lowest BCUT2D eigenvalue weighted by Crippen LogP contribution is -2.35. The maximum absolute atomic E-state index is 13.9. The Morgan fingerprint density at radius 1 is 1.36 bits per heavy atom. The van der Waals surface area contributed by atoms with Gasteiger partial charge in [-0.25, -0.2) is 9.10 Å². The SMILES string of the molecule is CCOC(=O)/C(F)=C/Oc1cc2c(cc1SC)N(CC(C)(C)C)CCN(C)S2. The van der Waals surface area contributed by atoms with Gasteiger partial charge in [0.25, 0.3) is 0 Å². The van der Waals surface area contributed by atoms with E-state index in [-0.39, 0.29) is 12.0 Å². The van der Waals surface area contributed by atoms with Crippen molar-refractivity contribution in [3.63, 3.8) is 0 Å². The van der Waals surface area contributed by atoms with Gasteiger partial charge in [-0.05, 0) is 49.7 Å². The minimum absolute atomic E-state index is 0.113. The topological polar surface area (TPSA) is 42.0 Å². The summed E-state index contributed by atoms with van der Waals surface area (Å²) in [6, 6.07) is 4.00. The number of anilines is 1. The van der Waals surface area contributed by atoms with Crippen LogP contribution in [0.2, 0.25) is 0 Å². The second-order valence-corrected chi connectivity index (χ2v) is 9.79. The van der Waals surface area contributed by atoms with Crippen LogP contribution in [0.25, 0.3) is 0 Å². The molecule has 0 fully saturated rings. The number of nitrogens with zero attached hydrogens (tertiary/aromatic N) is 2. The van der Waals surface area contributed by atoms with Gasteiger partial charge in [-0.1, -0.05) is 20.8 Å². The molecule has 1 aliphatic rings. The van der Waals surface area contributed by atoms with Crippen LogP contribution in [0.4, 0.5) is 10.1 Å². The van der Waals surface area contributed by atoms with E-state index in [1.54, 1.807) is 18.9 Å². The number of benzene rings is 1. The summed E-state index contributed by atoms with van der Waals surface area (Å²) in [4.78, 5) is 15.8. The quantitative estimate of drug-likeness (QED) is 0.208. The first-order valence-electron chi connectivity index (χ1n) is 9.20. The first-order valence-corrected chi connectivity index (χ1v) is 11.2. The summed E-state index contributed by atoms with van der Waals surface area (Å²) in [6.07, 6.45) is 2.77. The molecule has 0 spiro atoms. The van der Waals surface area contributed by atoms with Gasteiger partial charge in [-0.15, -0.1) is 11.8 Å². The van der Waals surface area contributed by atoms with Gasteiger partial charge in [0.1, 0.15) is 12.0 Å². The Hall–Kier alpha value is -1.38. The largest absolute Gasteiger partial charge is 0.461 e. The summed E-state index contributed by atoms with van der Waals surface area (Å²) in [6.45, 7) is 11.2. The number of thioether (sulfide) groups is 1. The van der Waals surface area contributed by atoms with Crippen molar-refractivity contribution in [3.05, 3.63) is 24.2 Å². The molecule has 0 amide bonds. The van der Waals surface area contributed by atoms with Crippen LogP contribution >= 0.6 is 23.7 Å².